The summed E-state index contributed by atoms with van der Waals surface area (Å²) in [6.07, 6.45) is 3.01. The summed E-state index contributed by atoms with van der Waals surface area (Å²) in [6.45, 7) is 3.77. The van der Waals surface area contributed by atoms with Gasteiger partial charge in [0.1, 0.15) is 10.7 Å². The number of fused-ring (bicyclic) bond motifs is 1. The zero-order valence-corrected chi connectivity index (χ0v) is 16.7. The van der Waals surface area contributed by atoms with Crippen LogP contribution in [0.2, 0.25) is 5.15 Å². The van der Waals surface area contributed by atoms with Gasteiger partial charge in [-0.2, -0.15) is 0 Å². The zero-order chi connectivity index (χ0) is 19.9. The highest BCUT2D eigenvalue weighted by atomic mass is 35.5. The first-order chi connectivity index (χ1) is 13.3. The number of amides is 1. The van der Waals surface area contributed by atoms with Gasteiger partial charge in [-0.25, -0.2) is 9.97 Å². The van der Waals surface area contributed by atoms with Crippen LogP contribution >= 0.6 is 11.6 Å². The van der Waals surface area contributed by atoms with E-state index >= 15 is 0 Å². The van der Waals surface area contributed by atoms with Crippen molar-refractivity contribution in [3.63, 3.8) is 0 Å². The maximum Gasteiger partial charge on any atom is 0.229 e. The van der Waals surface area contributed by atoms with E-state index in [9.17, 15) is 9.90 Å². The Kier molecular flexibility index (Phi) is 4.63. The Bertz CT molecular complexity index is 1030. The summed E-state index contributed by atoms with van der Waals surface area (Å²) in [4.78, 5) is 21.8. The van der Waals surface area contributed by atoms with E-state index in [1.54, 1.807) is 19.1 Å². The Labute approximate surface area is 168 Å². The van der Waals surface area contributed by atoms with Gasteiger partial charge in [-0.1, -0.05) is 41.9 Å². The third-order valence-corrected chi connectivity index (χ3v) is 5.80. The Morgan fingerprint density at radius 2 is 1.96 bits per heavy atom. The molecule has 146 valence electrons. The van der Waals surface area contributed by atoms with Crippen LogP contribution in [0.25, 0.3) is 11.2 Å². The molecule has 0 saturated heterocycles. The summed E-state index contributed by atoms with van der Waals surface area (Å²) >= 11 is 6.10. The molecule has 1 amide bonds. The van der Waals surface area contributed by atoms with Gasteiger partial charge in [-0.05, 0) is 50.8 Å². The van der Waals surface area contributed by atoms with Crippen molar-refractivity contribution in [3.05, 3.63) is 53.2 Å². The predicted octanol–water partition coefficient (Wildman–Crippen LogP) is 4.22. The van der Waals surface area contributed by atoms with Gasteiger partial charge in [0.2, 0.25) is 11.9 Å². The average Bonchev–Trinajstić information content (AvgIpc) is 2.97. The maximum atomic E-state index is 12.8. The summed E-state index contributed by atoms with van der Waals surface area (Å²) in [6, 6.07) is 12.7. The number of hydrogen-bond acceptors (Lipinski definition) is 4. The van der Waals surface area contributed by atoms with E-state index in [2.05, 4.69) is 22.2 Å². The molecule has 1 aliphatic carbocycles. The molecule has 1 atom stereocenters. The van der Waals surface area contributed by atoms with Crippen LogP contribution in [0.15, 0.2) is 42.5 Å². The predicted molar refractivity (Wildman–Crippen MR) is 109 cm³/mol. The average molecular weight is 399 g/mol. The van der Waals surface area contributed by atoms with Crippen molar-refractivity contribution in [1.82, 2.24) is 14.5 Å². The van der Waals surface area contributed by atoms with E-state index in [1.807, 2.05) is 34.9 Å². The van der Waals surface area contributed by atoms with Crippen LogP contribution in [0, 0.1) is 0 Å². The Morgan fingerprint density at radius 3 is 2.61 bits per heavy atom. The number of imidazole rings is 1. The lowest BCUT2D eigenvalue weighted by Gasteiger charge is -2.40. The van der Waals surface area contributed by atoms with Crippen molar-refractivity contribution in [2.24, 2.45) is 0 Å². The minimum Gasteiger partial charge on any atom is -0.385 e. The molecule has 3 aromatic rings. The molecule has 0 bridgehead atoms. The van der Waals surface area contributed by atoms with Gasteiger partial charge < -0.3 is 5.11 Å². The van der Waals surface area contributed by atoms with Gasteiger partial charge in [-0.3, -0.25) is 14.7 Å². The normalized spacial score (nSPS) is 17.7. The zero-order valence-electron chi connectivity index (χ0n) is 15.9. The van der Waals surface area contributed by atoms with Crippen LogP contribution in [-0.4, -0.2) is 25.5 Å². The largest absolute Gasteiger partial charge is 0.385 e. The number of anilines is 1. The number of pyridine rings is 1. The van der Waals surface area contributed by atoms with E-state index in [0.29, 0.717) is 27.8 Å². The first kappa shape index (κ1) is 18.9. The van der Waals surface area contributed by atoms with Crippen LogP contribution in [0.4, 0.5) is 5.95 Å². The fourth-order valence-corrected chi connectivity index (χ4v) is 3.97. The third-order valence-electron chi connectivity index (χ3n) is 5.59. The Morgan fingerprint density at radius 1 is 1.25 bits per heavy atom. The summed E-state index contributed by atoms with van der Waals surface area (Å²) in [5.41, 5.74) is 0.613. The Balaban J connectivity index is 1.64. The fraction of sp³-hybridized carbons (Fsp3) is 0.381. The number of halogens is 1. The molecule has 2 heterocycles. The van der Waals surface area contributed by atoms with E-state index < -0.39 is 5.60 Å². The van der Waals surface area contributed by atoms with Crippen LogP contribution in [-0.2, 0) is 15.9 Å². The molecule has 2 N–H and O–H groups in total. The minimum absolute atomic E-state index is 0.0783. The smallest absolute Gasteiger partial charge is 0.229 e. The van der Waals surface area contributed by atoms with Crippen LogP contribution in [0.1, 0.15) is 45.1 Å². The Hall–Kier alpha value is -2.44. The highest BCUT2D eigenvalue weighted by Crippen LogP contribution is 2.42. The first-order valence-electron chi connectivity index (χ1n) is 9.42. The van der Waals surface area contributed by atoms with Crippen molar-refractivity contribution in [3.8, 4) is 0 Å². The van der Waals surface area contributed by atoms with Gasteiger partial charge in [-0.15, -0.1) is 0 Å². The molecule has 0 spiro atoms. The van der Waals surface area contributed by atoms with Crippen molar-refractivity contribution < 1.29 is 9.90 Å². The van der Waals surface area contributed by atoms with E-state index in [-0.39, 0.29) is 17.9 Å². The van der Waals surface area contributed by atoms with Crippen LogP contribution in [0.5, 0.6) is 0 Å². The number of rotatable bonds is 5. The van der Waals surface area contributed by atoms with Crippen molar-refractivity contribution in [2.45, 2.75) is 50.7 Å². The molecule has 0 aliphatic heterocycles. The quantitative estimate of drug-likeness (QED) is 0.630. The fourth-order valence-electron chi connectivity index (χ4n) is 3.82. The second-order valence-corrected chi connectivity index (χ2v) is 8.35. The molecular formula is C21H23ClN4O2. The van der Waals surface area contributed by atoms with E-state index in [1.165, 1.54) is 0 Å². The SMILES string of the molecule is CC1(n2c(NC(=O)C[C@@](C)(O)c3ccccc3)nc3ccc(Cl)nc32)CCC1. The number of benzene rings is 1. The van der Waals surface area contributed by atoms with E-state index in [4.69, 9.17) is 11.6 Å². The van der Waals surface area contributed by atoms with Crippen molar-refractivity contribution >= 4 is 34.6 Å². The maximum absolute atomic E-state index is 12.8. The number of nitrogens with one attached hydrogen (secondary N) is 1. The van der Waals surface area contributed by atoms with Gasteiger partial charge in [0.15, 0.2) is 5.65 Å². The second kappa shape index (κ2) is 6.87. The highest BCUT2D eigenvalue weighted by molar-refractivity contribution is 6.29. The number of nitrogens with zero attached hydrogens (tertiary/aromatic N) is 3. The minimum atomic E-state index is -1.27. The number of aliphatic hydroxyl groups is 1. The first-order valence-corrected chi connectivity index (χ1v) is 9.80. The molecule has 1 fully saturated rings. The molecule has 0 unspecified atom stereocenters. The molecule has 1 aromatic carbocycles. The van der Waals surface area contributed by atoms with Crippen LogP contribution in [0.3, 0.4) is 0 Å². The van der Waals surface area contributed by atoms with Crippen molar-refractivity contribution in [2.75, 3.05) is 5.32 Å². The molecule has 4 rings (SSSR count). The number of aromatic nitrogens is 3. The lowest BCUT2D eigenvalue weighted by atomic mass is 9.78. The summed E-state index contributed by atoms with van der Waals surface area (Å²) in [5.74, 6) is 0.139. The van der Waals surface area contributed by atoms with Gasteiger partial charge in [0.25, 0.3) is 0 Å². The lowest BCUT2D eigenvalue weighted by Crippen LogP contribution is -2.39. The topological polar surface area (TPSA) is 80.0 Å². The second-order valence-electron chi connectivity index (χ2n) is 7.96. The number of carbonyl (C=O) groups is 1. The number of carbonyl (C=O) groups excluding carboxylic acids is 1. The molecule has 1 aliphatic rings. The molecule has 2 aromatic heterocycles. The van der Waals surface area contributed by atoms with Crippen LogP contribution < -0.4 is 5.32 Å². The third kappa shape index (κ3) is 3.38. The monoisotopic (exact) mass is 398 g/mol. The molecule has 7 heteroatoms. The lowest BCUT2D eigenvalue weighted by molar-refractivity contribution is -0.120. The molecule has 0 radical (unpaired) electrons. The van der Waals surface area contributed by atoms with Crippen molar-refractivity contribution in [1.29, 1.82) is 0 Å². The van der Waals surface area contributed by atoms with Gasteiger partial charge in [0.05, 0.1) is 12.0 Å². The van der Waals surface area contributed by atoms with Gasteiger partial charge in [0, 0.05) is 5.54 Å². The summed E-state index contributed by atoms with van der Waals surface area (Å²) in [5, 5.41) is 14.1. The molecule has 6 nitrogen and oxygen atoms in total. The van der Waals surface area contributed by atoms with Gasteiger partial charge >= 0.3 is 0 Å². The summed E-state index contributed by atoms with van der Waals surface area (Å²) < 4.78 is 1.98. The number of hydrogen-bond donors (Lipinski definition) is 2. The molecule has 28 heavy (non-hydrogen) atoms. The van der Waals surface area contributed by atoms with E-state index in [0.717, 1.165) is 19.3 Å². The highest BCUT2D eigenvalue weighted by Gasteiger charge is 2.38. The summed E-state index contributed by atoms with van der Waals surface area (Å²) in [7, 11) is 0. The standard InChI is InChI=1S/C21H23ClN4O2/c1-20(11-6-12-20)26-18-15(9-10-16(22)24-18)23-19(26)25-17(27)13-21(2,28)14-7-4-3-5-8-14/h3-5,7-10,28H,6,11-13H2,1-2H3,(H,23,25,27)/t21-/m1/s1. The molecular weight excluding hydrogens is 376 g/mol. The molecule has 1 saturated carbocycles.